The molecule has 20 heavy (non-hydrogen) atoms. The molecule has 1 heterocycles. The van der Waals surface area contributed by atoms with Crippen LogP contribution in [0.5, 0.6) is 0 Å². The van der Waals surface area contributed by atoms with Gasteiger partial charge in [0.15, 0.2) is 0 Å². The van der Waals surface area contributed by atoms with E-state index in [2.05, 4.69) is 40.2 Å². The van der Waals surface area contributed by atoms with Gasteiger partial charge < -0.3 is 5.32 Å². The fourth-order valence-corrected chi connectivity index (χ4v) is 3.27. The molecule has 1 N–H and O–H groups in total. The molecule has 0 aromatic carbocycles. The molecule has 112 valence electrons. The van der Waals surface area contributed by atoms with Gasteiger partial charge in [-0.2, -0.15) is 5.10 Å². The molecule has 1 fully saturated rings. The predicted octanol–water partition coefficient (Wildman–Crippen LogP) is 3.80. The highest BCUT2D eigenvalue weighted by molar-refractivity contribution is 9.10. The predicted molar refractivity (Wildman–Crippen MR) is 86.1 cm³/mol. The Morgan fingerprint density at radius 3 is 2.85 bits per heavy atom. The monoisotopic (exact) mass is 341 g/mol. The zero-order chi connectivity index (χ0) is 14.5. The van der Waals surface area contributed by atoms with Crippen molar-refractivity contribution in [2.45, 2.75) is 65.0 Å². The van der Waals surface area contributed by atoms with Crippen LogP contribution in [0.15, 0.2) is 15.5 Å². The first-order valence-corrected chi connectivity index (χ1v) is 8.45. The van der Waals surface area contributed by atoms with Crippen LogP contribution in [0.4, 0.5) is 5.69 Å². The average molecular weight is 342 g/mol. The third kappa shape index (κ3) is 3.62. The summed E-state index contributed by atoms with van der Waals surface area (Å²) >= 11 is 3.42. The van der Waals surface area contributed by atoms with Gasteiger partial charge >= 0.3 is 0 Å². The number of anilines is 1. The van der Waals surface area contributed by atoms with Crippen molar-refractivity contribution in [2.24, 2.45) is 5.92 Å². The van der Waals surface area contributed by atoms with E-state index in [0.717, 1.165) is 18.5 Å². The number of rotatable bonds is 6. The first-order chi connectivity index (χ1) is 9.63. The molecule has 4 nitrogen and oxygen atoms in total. The van der Waals surface area contributed by atoms with Crippen molar-refractivity contribution >= 4 is 21.6 Å². The Hall–Kier alpha value is -0.840. The van der Waals surface area contributed by atoms with Crippen LogP contribution in [-0.4, -0.2) is 15.8 Å². The molecule has 1 aliphatic carbocycles. The van der Waals surface area contributed by atoms with Gasteiger partial charge in [0.25, 0.3) is 5.56 Å². The molecule has 1 atom stereocenters. The van der Waals surface area contributed by atoms with E-state index in [0.29, 0.717) is 23.0 Å². The number of aryl methyl sites for hydroxylation is 1. The van der Waals surface area contributed by atoms with Crippen LogP contribution in [0.25, 0.3) is 0 Å². The number of unbranched alkanes of at least 4 members (excludes halogenated alkanes) is 1. The van der Waals surface area contributed by atoms with Gasteiger partial charge in [0.05, 0.1) is 11.9 Å². The van der Waals surface area contributed by atoms with Gasteiger partial charge in [-0.05, 0) is 48.0 Å². The largest absolute Gasteiger partial charge is 0.380 e. The van der Waals surface area contributed by atoms with Crippen LogP contribution in [-0.2, 0) is 6.54 Å². The van der Waals surface area contributed by atoms with Gasteiger partial charge in [-0.1, -0.05) is 26.2 Å². The number of halogens is 1. The quantitative estimate of drug-likeness (QED) is 0.855. The molecule has 1 saturated carbocycles. The molecule has 1 unspecified atom stereocenters. The third-order valence-electron chi connectivity index (χ3n) is 4.20. The summed E-state index contributed by atoms with van der Waals surface area (Å²) in [5, 5.41) is 7.72. The van der Waals surface area contributed by atoms with Crippen molar-refractivity contribution in [2.75, 3.05) is 5.32 Å². The smallest absolute Gasteiger partial charge is 0.283 e. The van der Waals surface area contributed by atoms with Crippen LogP contribution in [0.2, 0.25) is 0 Å². The molecular formula is C15H24BrN3O. The van der Waals surface area contributed by atoms with Gasteiger partial charge in [0.1, 0.15) is 4.47 Å². The van der Waals surface area contributed by atoms with Crippen LogP contribution in [0, 0.1) is 5.92 Å². The van der Waals surface area contributed by atoms with Gasteiger partial charge in [0.2, 0.25) is 0 Å². The molecule has 0 amide bonds. The summed E-state index contributed by atoms with van der Waals surface area (Å²) in [5.41, 5.74) is 0.782. The number of aromatic nitrogens is 2. The lowest BCUT2D eigenvalue weighted by Crippen LogP contribution is -2.28. The van der Waals surface area contributed by atoms with Crippen LogP contribution in [0.3, 0.4) is 0 Å². The van der Waals surface area contributed by atoms with E-state index in [1.54, 1.807) is 10.9 Å². The van der Waals surface area contributed by atoms with Crippen molar-refractivity contribution in [1.29, 1.82) is 0 Å². The summed E-state index contributed by atoms with van der Waals surface area (Å²) in [6.07, 6.45) is 9.03. The fourth-order valence-electron chi connectivity index (χ4n) is 2.85. The average Bonchev–Trinajstić information content (AvgIpc) is 2.97. The fraction of sp³-hybridized carbons (Fsp3) is 0.733. The summed E-state index contributed by atoms with van der Waals surface area (Å²) in [7, 11) is 0. The molecule has 0 saturated heterocycles. The van der Waals surface area contributed by atoms with Gasteiger partial charge in [0, 0.05) is 12.6 Å². The molecule has 1 aromatic rings. The molecular weight excluding hydrogens is 318 g/mol. The number of nitrogens with one attached hydrogen (secondary N) is 1. The molecule has 0 bridgehead atoms. The highest BCUT2D eigenvalue weighted by Crippen LogP contribution is 2.30. The highest BCUT2D eigenvalue weighted by Gasteiger charge is 2.22. The van der Waals surface area contributed by atoms with Gasteiger partial charge in [-0.15, -0.1) is 0 Å². The zero-order valence-corrected chi connectivity index (χ0v) is 13.9. The van der Waals surface area contributed by atoms with Crippen molar-refractivity contribution in [1.82, 2.24) is 9.78 Å². The van der Waals surface area contributed by atoms with E-state index in [9.17, 15) is 4.79 Å². The van der Waals surface area contributed by atoms with Gasteiger partial charge in [-0.3, -0.25) is 4.79 Å². The second kappa shape index (κ2) is 7.25. The number of nitrogens with zero attached hydrogens (tertiary/aromatic N) is 2. The van der Waals surface area contributed by atoms with Crippen LogP contribution in [0.1, 0.15) is 52.4 Å². The number of hydrogen-bond acceptors (Lipinski definition) is 3. The van der Waals surface area contributed by atoms with E-state index >= 15 is 0 Å². The lowest BCUT2D eigenvalue weighted by Gasteiger charge is -2.22. The standard InChI is InChI=1S/C15H24BrN3O/c1-3-4-9-19-15(20)14(16)13(10-17-19)18-11(2)12-7-5-6-8-12/h10-12,18H,3-9H2,1-2H3. The highest BCUT2D eigenvalue weighted by atomic mass is 79.9. The molecule has 1 aromatic heterocycles. The van der Waals surface area contributed by atoms with E-state index in [1.165, 1.54) is 25.7 Å². The first-order valence-electron chi connectivity index (χ1n) is 7.65. The maximum Gasteiger partial charge on any atom is 0.283 e. The molecule has 0 spiro atoms. The molecule has 1 aliphatic rings. The summed E-state index contributed by atoms with van der Waals surface area (Å²) in [4.78, 5) is 12.2. The Morgan fingerprint density at radius 1 is 1.50 bits per heavy atom. The lowest BCUT2D eigenvalue weighted by molar-refractivity contribution is 0.480. The molecule has 0 aliphatic heterocycles. The second-order valence-corrected chi connectivity index (χ2v) is 6.52. The van der Waals surface area contributed by atoms with Crippen LogP contribution < -0.4 is 10.9 Å². The SMILES string of the molecule is CCCCn1ncc(NC(C)C2CCCC2)c(Br)c1=O. The van der Waals surface area contributed by atoms with Gasteiger partial charge in [-0.25, -0.2) is 4.68 Å². The Kier molecular flexibility index (Phi) is 5.64. The zero-order valence-electron chi connectivity index (χ0n) is 12.4. The minimum absolute atomic E-state index is 0.0397. The number of hydrogen-bond donors (Lipinski definition) is 1. The maximum atomic E-state index is 12.2. The summed E-state index contributed by atoms with van der Waals surface area (Å²) in [5.74, 6) is 0.712. The summed E-state index contributed by atoms with van der Waals surface area (Å²) in [6, 6.07) is 0.390. The second-order valence-electron chi connectivity index (χ2n) is 5.73. The Bertz CT molecular complexity index is 494. The minimum atomic E-state index is -0.0397. The minimum Gasteiger partial charge on any atom is -0.380 e. The first kappa shape index (κ1) is 15.5. The topological polar surface area (TPSA) is 46.9 Å². The van der Waals surface area contributed by atoms with E-state index in [-0.39, 0.29) is 5.56 Å². The van der Waals surface area contributed by atoms with Crippen molar-refractivity contribution < 1.29 is 0 Å². The Balaban J connectivity index is 2.08. The summed E-state index contributed by atoms with van der Waals surface area (Å²) < 4.78 is 2.15. The van der Waals surface area contributed by atoms with Crippen molar-refractivity contribution in [3.05, 3.63) is 21.0 Å². The van der Waals surface area contributed by atoms with Crippen molar-refractivity contribution in [3.63, 3.8) is 0 Å². The Labute approximate surface area is 129 Å². The summed E-state index contributed by atoms with van der Waals surface area (Å²) in [6.45, 7) is 5.00. The van der Waals surface area contributed by atoms with E-state index in [4.69, 9.17) is 0 Å². The molecule has 5 heteroatoms. The normalized spacial score (nSPS) is 17.4. The van der Waals surface area contributed by atoms with E-state index < -0.39 is 0 Å². The van der Waals surface area contributed by atoms with Crippen LogP contribution >= 0.6 is 15.9 Å². The Morgan fingerprint density at radius 2 is 2.20 bits per heavy atom. The van der Waals surface area contributed by atoms with Crippen molar-refractivity contribution in [3.8, 4) is 0 Å². The molecule has 2 rings (SSSR count). The maximum absolute atomic E-state index is 12.2. The molecule has 0 radical (unpaired) electrons. The van der Waals surface area contributed by atoms with E-state index in [1.807, 2.05) is 0 Å². The third-order valence-corrected chi connectivity index (χ3v) is 4.96. The lowest BCUT2D eigenvalue weighted by atomic mass is 10.00.